The van der Waals surface area contributed by atoms with Crippen LogP contribution in [0.1, 0.15) is 0 Å². The first-order valence-corrected chi connectivity index (χ1v) is 4.02. The Morgan fingerprint density at radius 3 is 2.73 bits per heavy atom. The Kier molecular flexibility index (Phi) is 3.17. The molecular weight excluding hydrogens is 213 g/mol. The maximum atomic E-state index is 11.7. The summed E-state index contributed by atoms with van der Waals surface area (Å²) in [5.41, 5.74) is 5.74. The van der Waals surface area contributed by atoms with Crippen LogP contribution in [0, 0.1) is 0 Å². The number of amides is 1. The van der Waals surface area contributed by atoms with Crippen molar-refractivity contribution in [2.75, 3.05) is 12.3 Å². The molecule has 1 heterocycles. The number of anilines is 1. The molecule has 1 rings (SSSR count). The van der Waals surface area contributed by atoms with Crippen LogP contribution < -0.4 is 11.1 Å². The van der Waals surface area contributed by atoms with Gasteiger partial charge in [-0.1, -0.05) is 0 Å². The molecule has 0 saturated heterocycles. The molecule has 0 atom stereocenters. The number of carbonyl (C=O) groups excluding carboxylic acids is 1. The topological polar surface area (TPSA) is 72.9 Å². The molecule has 0 unspecified atom stereocenters. The number of carbonyl (C=O) groups is 1. The van der Waals surface area contributed by atoms with Crippen molar-refractivity contribution in [1.29, 1.82) is 0 Å². The number of hydrogen-bond donors (Lipinski definition) is 2. The third kappa shape index (κ3) is 3.49. The summed E-state index contributed by atoms with van der Waals surface area (Å²) in [6.07, 6.45) is -2.02. The van der Waals surface area contributed by atoms with Crippen LogP contribution in [0.4, 0.5) is 18.9 Å². The van der Waals surface area contributed by atoms with E-state index in [9.17, 15) is 18.0 Å². The quantitative estimate of drug-likeness (QED) is 0.764. The normalized spacial score (nSPS) is 11.4. The number of nitrogens with two attached hydrogens (primary N) is 1. The highest BCUT2D eigenvalue weighted by Gasteiger charge is 2.38. The Labute approximate surface area is 83.0 Å². The van der Waals surface area contributed by atoms with Gasteiger partial charge in [0.05, 0.1) is 18.4 Å². The van der Waals surface area contributed by atoms with E-state index in [2.05, 4.69) is 5.10 Å². The molecule has 0 radical (unpaired) electrons. The summed E-state index contributed by atoms with van der Waals surface area (Å²) >= 11 is 0. The lowest BCUT2D eigenvalue weighted by Crippen LogP contribution is -2.38. The predicted molar refractivity (Wildman–Crippen MR) is 45.7 cm³/mol. The van der Waals surface area contributed by atoms with E-state index in [-0.39, 0.29) is 13.1 Å². The molecule has 0 saturated carbocycles. The molecular formula is C7H9F3N4O. The highest BCUT2D eigenvalue weighted by molar-refractivity contribution is 5.81. The molecule has 0 aliphatic carbocycles. The molecule has 84 valence electrons. The molecule has 1 aromatic rings. The van der Waals surface area contributed by atoms with Gasteiger partial charge in [0.25, 0.3) is 0 Å². The van der Waals surface area contributed by atoms with Crippen LogP contribution in [0.3, 0.4) is 0 Å². The molecule has 0 spiro atoms. The average molecular weight is 222 g/mol. The highest BCUT2D eigenvalue weighted by Crippen LogP contribution is 2.13. The van der Waals surface area contributed by atoms with Crippen molar-refractivity contribution in [2.24, 2.45) is 0 Å². The second-order valence-corrected chi connectivity index (χ2v) is 2.79. The van der Waals surface area contributed by atoms with Gasteiger partial charge in [-0.2, -0.15) is 18.3 Å². The number of halogens is 3. The smallest absolute Gasteiger partial charge is 0.396 e. The number of alkyl halides is 3. The van der Waals surface area contributed by atoms with Crippen LogP contribution in [-0.2, 0) is 11.3 Å². The highest BCUT2D eigenvalue weighted by atomic mass is 19.4. The number of nitrogen functional groups attached to an aromatic ring is 1. The van der Waals surface area contributed by atoms with E-state index < -0.39 is 12.1 Å². The zero-order valence-electron chi connectivity index (χ0n) is 7.58. The van der Waals surface area contributed by atoms with Crippen LogP contribution in [-0.4, -0.2) is 28.4 Å². The molecule has 15 heavy (non-hydrogen) atoms. The van der Waals surface area contributed by atoms with Gasteiger partial charge < -0.3 is 11.1 Å². The molecule has 0 aliphatic rings. The largest absolute Gasteiger partial charge is 0.471 e. The molecule has 3 N–H and O–H groups in total. The lowest BCUT2D eigenvalue weighted by atomic mass is 10.5. The van der Waals surface area contributed by atoms with E-state index in [4.69, 9.17) is 5.73 Å². The fourth-order valence-corrected chi connectivity index (χ4v) is 0.886. The van der Waals surface area contributed by atoms with Crippen molar-refractivity contribution < 1.29 is 18.0 Å². The van der Waals surface area contributed by atoms with Crippen LogP contribution in [0.15, 0.2) is 12.4 Å². The molecule has 0 fully saturated rings. The third-order valence-electron chi connectivity index (χ3n) is 1.54. The van der Waals surface area contributed by atoms with Crippen molar-refractivity contribution >= 4 is 11.6 Å². The minimum atomic E-state index is -4.84. The van der Waals surface area contributed by atoms with E-state index >= 15 is 0 Å². The lowest BCUT2D eigenvalue weighted by molar-refractivity contribution is -0.173. The summed E-state index contributed by atoms with van der Waals surface area (Å²) in [5.74, 6) is -1.96. The van der Waals surface area contributed by atoms with Crippen LogP contribution >= 0.6 is 0 Å². The third-order valence-corrected chi connectivity index (χ3v) is 1.54. The predicted octanol–water partition coefficient (Wildman–Crippen LogP) is 0.144. The summed E-state index contributed by atoms with van der Waals surface area (Å²) in [6.45, 7) is -0.0154. The lowest BCUT2D eigenvalue weighted by Gasteiger charge is -2.07. The van der Waals surface area contributed by atoms with Gasteiger partial charge in [0.15, 0.2) is 0 Å². The minimum Gasteiger partial charge on any atom is -0.396 e. The van der Waals surface area contributed by atoms with Crippen LogP contribution in [0.5, 0.6) is 0 Å². The summed E-state index contributed by atoms with van der Waals surface area (Å²) in [6, 6.07) is 0. The standard InChI is InChI=1S/C7H9F3N4O/c8-7(9,10)6(15)12-1-2-14-4-5(11)3-13-14/h3-4H,1-2,11H2,(H,12,15). The van der Waals surface area contributed by atoms with Crippen molar-refractivity contribution in [3.8, 4) is 0 Å². The zero-order chi connectivity index (χ0) is 11.5. The summed E-state index contributed by atoms with van der Waals surface area (Å²) in [4.78, 5) is 10.4. The van der Waals surface area contributed by atoms with Gasteiger partial charge in [-0.05, 0) is 0 Å². The Bertz CT molecular complexity index is 346. The second kappa shape index (κ2) is 4.20. The van der Waals surface area contributed by atoms with Crippen molar-refractivity contribution in [1.82, 2.24) is 15.1 Å². The minimum absolute atomic E-state index is 0.138. The Hall–Kier alpha value is -1.73. The van der Waals surface area contributed by atoms with E-state index in [1.54, 1.807) is 5.32 Å². The number of aromatic nitrogens is 2. The van der Waals surface area contributed by atoms with Gasteiger partial charge >= 0.3 is 12.1 Å². The van der Waals surface area contributed by atoms with Gasteiger partial charge in [-0.3, -0.25) is 9.48 Å². The zero-order valence-corrected chi connectivity index (χ0v) is 7.58. The first-order chi connectivity index (χ1) is 6.89. The molecule has 5 nitrogen and oxygen atoms in total. The van der Waals surface area contributed by atoms with Gasteiger partial charge in [-0.15, -0.1) is 0 Å². The molecule has 0 aromatic carbocycles. The monoisotopic (exact) mass is 222 g/mol. The Balaban J connectivity index is 2.31. The number of nitrogens with one attached hydrogen (secondary N) is 1. The summed E-state index contributed by atoms with van der Waals surface area (Å²) in [5, 5.41) is 5.45. The molecule has 0 aliphatic heterocycles. The van der Waals surface area contributed by atoms with Crippen LogP contribution in [0.25, 0.3) is 0 Å². The number of rotatable bonds is 3. The van der Waals surface area contributed by atoms with E-state index in [0.717, 1.165) is 0 Å². The van der Waals surface area contributed by atoms with Crippen molar-refractivity contribution in [3.05, 3.63) is 12.4 Å². The fraction of sp³-hybridized carbons (Fsp3) is 0.429. The first kappa shape index (κ1) is 11.3. The molecule has 1 aromatic heterocycles. The fourth-order valence-electron chi connectivity index (χ4n) is 0.886. The van der Waals surface area contributed by atoms with Gasteiger partial charge in [-0.25, -0.2) is 0 Å². The van der Waals surface area contributed by atoms with Crippen molar-refractivity contribution in [2.45, 2.75) is 12.7 Å². The van der Waals surface area contributed by atoms with Crippen LogP contribution in [0.2, 0.25) is 0 Å². The summed E-state index contributed by atoms with van der Waals surface area (Å²) < 4.78 is 36.5. The van der Waals surface area contributed by atoms with Crippen molar-refractivity contribution in [3.63, 3.8) is 0 Å². The van der Waals surface area contributed by atoms with E-state index in [0.29, 0.717) is 5.69 Å². The van der Waals surface area contributed by atoms with Gasteiger partial charge in [0.1, 0.15) is 0 Å². The maximum Gasteiger partial charge on any atom is 0.471 e. The number of nitrogens with zero attached hydrogens (tertiary/aromatic N) is 2. The Morgan fingerprint density at radius 1 is 1.60 bits per heavy atom. The molecule has 1 amide bonds. The van der Waals surface area contributed by atoms with E-state index in [1.165, 1.54) is 17.1 Å². The summed E-state index contributed by atoms with van der Waals surface area (Å²) in [7, 11) is 0. The molecule has 0 bridgehead atoms. The average Bonchev–Trinajstić information content (AvgIpc) is 2.49. The van der Waals surface area contributed by atoms with Gasteiger partial charge in [0, 0.05) is 12.7 Å². The first-order valence-electron chi connectivity index (χ1n) is 4.02. The SMILES string of the molecule is Nc1cnn(CCNC(=O)C(F)(F)F)c1. The number of hydrogen-bond acceptors (Lipinski definition) is 3. The van der Waals surface area contributed by atoms with E-state index in [1.807, 2.05) is 0 Å². The second-order valence-electron chi connectivity index (χ2n) is 2.79. The molecule has 8 heteroatoms. The van der Waals surface area contributed by atoms with Gasteiger partial charge in [0.2, 0.25) is 0 Å². The Morgan fingerprint density at radius 2 is 2.27 bits per heavy atom. The maximum absolute atomic E-state index is 11.7.